The maximum atomic E-state index is 12.8. The van der Waals surface area contributed by atoms with Gasteiger partial charge in [0.05, 0.1) is 6.61 Å². The van der Waals surface area contributed by atoms with Crippen LogP contribution in [0.1, 0.15) is 168 Å². The van der Waals surface area contributed by atoms with Crippen LogP contribution in [0.2, 0.25) is 0 Å². The van der Waals surface area contributed by atoms with Crippen LogP contribution in [0.5, 0.6) is 0 Å². The molecule has 1 aliphatic rings. The highest BCUT2D eigenvalue weighted by Crippen LogP contribution is 2.47. The molecule has 0 amide bonds. The summed E-state index contributed by atoms with van der Waals surface area (Å²) >= 11 is 0. The second-order valence-corrected chi connectivity index (χ2v) is 17.3. The Bertz CT molecular complexity index is 1300. The van der Waals surface area contributed by atoms with Crippen molar-refractivity contribution in [3.8, 4) is 0 Å². The number of hydrogen-bond acceptors (Lipinski definition) is 12. The van der Waals surface area contributed by atoms with Gasteiger partial charge in [0.25, 0.3) is 0 Å². The van der Waals surface area contributed by atoms with Gasteiger partial charge in [-0.1, -0.05) is 139 Å². The molecule has 61 heavy (non-hydrogen) atoms. The van der Waals surface area contributed by atoms with Crippen LogP contribution in [-0.4, -0.2) is 98.3 Å². The number of carbonyl (C=O) groups excluding carboxylic acids is 2. The minimum Gasteiger partial charge on any atom is -0.462 e. The Labute approximate surface area is 366 Å². The number of aliphatic hydroxyl groups excluding tert-OH is 5. The summed E-state index contributed by atoms with van der Waals surface area (Å²) in [5, 5.41) is 50.1. The number of rotatable bonds is 37. The maximum absolute atomic E-state index is 12.8. The second kappa shape index (κ2) is 37.0. The normalized spacial score (nSPS) is 22.6. The fourth-order valence-corrected chi connectivity index (χ4v) is 7.54. The molecule has 0 heterocycles. The topological polar surface area (TPSA) is 210 Å². The number of allylic oxidation sites excluding steroid dienone is 10. The quantitative estimate of drug-likeness (QED) is 0.0149. The predicted molar refractivity (Wildman–Crippen MR) is 239 cm³/mol. The summed E-state index contributed by atoms with van der Waals surface area (Å²) in [6.45, 7) is 3.20. The van der Waals surface area contributed by atoms with Crippen molar-refractivity contribution in [3.05, 3.63) is 60.8 Å². The molecule has 6 N–H and O–H groups in total. The molecule has 1 saturated carbocycles. The molecular weight excluding hydrogens is 803 g/mol. The monoisotopic (exact) mass is 885 g/mol. The van der Waals surface area contributed by atoms with E-state index in [1.54, 1.807) is 0 Å². The Morgan fingerprint density at radius 3 is 1.43 bits per heavy atom. The fraction of sp³-hybridized carbons (Fsp3) is 0.745. The van der Waals surface area contributed by atoms with Crippen LogP contribution in [0.25, 0.3) is 0 Å². The lowest BCUT2D eigenvalue weighted by atomic mass is 9.85. The minimum absolute atomic E-state index is 0.0677. The van der Waals surface area contributed by atoms with Gasteiger partial charge in [-0.05, 0) is 77.0 Å². The van der Waals surface area contributed by atoms with Crippen molar-refractivity contribution in [2.24, 2.45) is 0 Å². The molecule has 6 unspecified atom stereocenters. The Hall–Kier alpha value is -2.45. The van der Waals surface area contributed by atoms with Crippen LogP contribution in [0.4, 0.5) is 0 Å². The van der Waals surface area contributed by atoms with Gasteiger partial charge in [-0.3, -0.25) is 18.6 Å². The zero-order valence-electron chi connectivity index (χ0n) is 37.2. The van der Waals surface area contributed by atoms with Crippen LogP contribution in [0.15, 0.2) is 60.8 Å². The molecule has 0 aliphatic heterocycles. The lowest BCUT2D eigenvalue weighted by molar-refractivity contribution is -0.220. The van der Waals surface area contributed by atoms with Crippen molar-refractivity contribution in [2.45, 2.75) is 211 Å². The first-order valence-corrected chi connectivity index (χ1v) is 24.6. The molecule has 352 valence electrons. The Balaban J connectivity index is 2.52. The first-order chi connectivity index (χ1) is 29.4. The lowest BCUT2D eigenvalue weighted by Gasteiger charge is -2.41. The van der Waals surface area contributed by atoms with Crippen LogP contribution in [-0.2, 0) is 32.7 Å². The highest BCUT2D eigenvalue weighted by atomic mass is 31.2. The van der Waals surface area contributed by atoms with Gasteiger partial charge in [0.1, 0.15) is 43.2 Å². The van der Waals surface area contributed by atoms with Crippen molar-refractivity contribution < 1.29 is 63.1 Å². The maximum Gasteiger partial charge on any atom is 0.472 e. The zero-order valence-corrected chi connectivity index (χ0v) is 38.1. The van der Waals surface area contributed by atoms with Gasteiger partial charge in [-0.15, -0.1) is 0 Å². The van der Waals surface area contributed by atoms with E-state index in [4.69, 9.17) is 18.5 Å². The molecule has 14 heteroatoms. The molecule has 0 aromatic heterocycles. The molecule has 0 spiro atoms. The number of aliphatic hydroxyl groups is 5. The fourth-order valence-electron chi connectivity index (χ4n) is 6.57. The summed E-state index contributed by atoms with van der Waals surface area (Å²) in [5.41, 5.74) is 0. The summed E-state index contributed by atoms with van der Waals surface area (Å²) in [4.78, 5) is 35.7. The summed E-state index contributed by atoms with van der Waals surface area (Å²) in [5.74, 6) is -1.18. The lowest BCUT2D eigenvalue weighted by Crippen LogP contribution is -2.64. The molecule has 1 fully saturated rings. The van der Waals surface area contributed by atoms with Crippen molar-refractivity contribution >= 4 is 19.8 Å². The zero-order chi connectivity index (χ0) is 45.0. The first kappa shape index (κ1) is 56.6. The van der Waals surface area contributed by atoms with Crippen LogP contribution < -0.4 is 0 Å². The van der Waals surface area contributed by atoms with Crippen molar-refractivity contribution in [1.29, 1.82) is 0 Å². The van der Waals surface area contributed by atoms with E-state index in [1.165, 1.54) is 57.8 Å². The highest BCUT2D eigenvalue weighted by molar-refractivity contribution is 7.47. The van der Waals surface area contributed by atoms with E-state index in [0.29, 0.717) is 19.3 Å². The van der Waals surface area contributed by atoms with Crippen molar-refractivity contribution in [1.82, 2.24) is 0 Å². The molecule has 1 aliphatic carbocycles. The van der Waals surface area contributed by atoms with Gasteiger partial charge in [-0.25, -0.2) is 4.57 Å². The van der Waals surface area contributed by atoms with E-state index >= 15 is 0 Å². The predicted octanol–water partition coefficient (Wildman–Crippen LogP) is 8.94. The van der Waals surface area contributed by atoms with E-state index < -0.39 is 75.7 Å². The number of unbranched alkanes of at least 4 members (excludes halogenated alkanes) is 15. The molecule has 6 atom stereocenters. The van der Waals surface area contributed by atoms with Gasteiger partial charge in [0, 0.05) is 12.8 Å². The molecule has 0 saturated heterocycles. The minimum atomic E-state index is -5.13. The molecule has 0 bridgehead atoms. The average Bonchev–Trinajstić information content (AvgIpc) is 3.24. The van der Waals surface area contributed by atoms with Gasteiger partial charge in [-0.2, -0.15) is 0 Å². The largest absolute Gasteiger partial charge is 0.472 e. The van der Waals surface area contributed by atoms with E-state index in [2.05, 4.69) is 62.5 Å². The number of ether oxygens (including phenoxy) is 2. The number of carbonyl (C=O) groups is 2. The number of hydrogen-bond donors (Lipinski definition) is 6. The van der Waals surface area contributed by atoms with Crippen molar-refractivity contribution in [2.75, 3.05) is 13.2 Å². The smallest absolute Gasteiger partial charge is 0.462 e. The molecule has 1 rings (SSSR count). The number of phosphoric ester groups is 1. The SMILES string of the molecule is CCCCCC=CCC=CCCCCCCCC(=O)OC(COC(=O)CCCC=CCC=CCC=CCCCCCCCC)COP(=O)(O)OC1C(O)C(O)C(O)C(O)C1O. The molecule has 0 aromatic rings. The van der Waals surface area contributed by atoms with E-state index in [0.717, 1.165) is 64.2 Å². The summed E-state index contributed by atoms with van der Waals surface area (Å²) in [7, 11) is -5.13. The Morgan fingerprint density at radius 1 is 0.508 bits per heavy atom. The third-order valence-electron chi connectivity index (χ3n) is 10.3. The highest BCUT2D eigenvalue weighted by Gasteiger charge is 2.51. The molecular formula is C47H81O13P. The average molecular weight is 885 g/mol. The van der Waals surface area contributed by atoms with Crippen molar-refractivity contribution in [3.63, 3.8) is 0 Å². The number of esters is 2. The van der Waals surface area contributed by atoms with Crippen LogP contribution >= 0.6 is 7.82 Å². The standard InChI is InChI=1S/C47H81O13P/c1-3-5-7-9-11-13-15-17-19-20-22-23-25-27-29-31-33-35-40(48)57-37-39(38-58-61(55,56)60-47-45(53)43(51)42(50)44(52)46(47)54)59-41(49)36-34-32-30-28-26-24-21-18-16-14-12-10-8-6-4-2/h12,14,17-19,21-23,27,29,39,42-47,50-54H,3-11,13,15-16,20,24-26,28,30-38H2,1-2H3,(H,55,56). The number of phosphoric acid groups is 1. The third-order valence-corrected chi connectivity index (χ3v) is 11.3. The second-order valence-electron chi connectivity index (χ2n) is 15.9. The van der Waals surface area contributed by atoms with Gasteiger partial charge in [0.2, 0.25) is 0 Å². The van der Waals surface area contributed by atoms with Crippen LogP contribution in [0, 0.1) is 0 Å². The third kappa shape index (κ3) is 29.5. The Kier molecular flexibility index (Phi) is 34.3. The van der Waals surface area contributed by atoms with E-state index in [-0.39, 0.29) is 12.8 Å². The van der Waals surface area contributed by atoms with E-state index in [1.807, 2.05) is 12.2 Å². The van der Waals surface area contributed by atoms with Gasteiger partial charge >= 0.3 is 19.8 Å². The summed E-state index contributed by atoms with van der Waals surface area (Å²) < 4.78 is 33.4. The Morgan fingerprint density at radius 2 is 0.902 bits per heavy atom. The van der Waals surface area contributed by atoms with Gasteiger partial charge in [0.15, 0.2) is 6.10 Å². The summed E-state index contributed by atoms with van der Waals surface area (Å²) in [6, 6.07) is 0. The van der Waals surface area contributed by atoms with E-state index in [9.17, 15) is 44.6 Å². The molecule has 13 nitrogen and oxygen atoms in total. The first-order valence-electron chi connectivity index (χ1n) is 23.1. The van der Waals surface area contributed by atoms with Gasteiger partial charge < -0.3 is 39.9 Å². The molecule has 0 radical (unpaired) electrons. The molecule has 0 aromatic carbocycles. The van der Waals surface area contributed by atoms with Crippen LogP contribution in [0.3, 0.4) is 0 Å². The summed E-state index contributed by atoms with van der Waals surface area (Å²) in [6.07, 6.45) is 31.4.